The van der Waals surface area contributed by atoms with Crippen LogP contribution in [0.4, 0.5) is 0 Å². The van der Waals surface area contributed by atoms with E-state index in [9.17, 15) is 13.2 Å². The van der Waals surface area contributed by atoms with E-state index < -0.39 is 16.1 Å². The van der Waals surface area contributed by atoms with Crippen molar-refractivity contribution in [2.75, 3.05) is 19.6 Å². The lowest BCUT2D eigenvalue weighted by atomic mass is 9.93. The highest BCUT2D eigenvalue weighted by Crippen LogP contribution is 2.41. The van der Waals surface area contributed by atoms with Gasteiger partial charge >= 0.3 is 0 Å². The summed E-state index contributed by atoms with van der Waals surface area (Å²) in [5.41, 5.74) is 2.78. The zero-order chi connectivity index (χ0) is 26.0. The van der Waals surface area contributed by atoms with Crippen molar-refractivity contribution >= 4 is 50.5 Å². The van der Waals surface area contributed by atoms with Gasteiger partial charge in [0.2, 0.25) is 15.9 Å². The first-order valence-corrected chi connectivity index (χ1v) is 15.0. The van der Waals surface area contributed by atoms with Gasteiger partial charge in [-0.15, -0.1) is 11.3 Å². The normalized spacial score (nSPS) is 16.0. The number of sulfonamides is 1. The molecule has 4 rings (SSSR count). The lowest BCUT2D eigenvalue weighted by Crippen LogP contribution is -2.47. The molecule has 1 atom stereocenters. The van der Waals surface area contributed by atoms with Crippen molar-refractivity contribution in [3.63, 3.8) is 0 Å². The first-order valence-electron chi connectivity index (χ1n) is 12.0. The van der Waals surface area contributed by atoms with Crippen LogP contribution in [0.2, 0.25) is 10.0 Å². The molecule has 2 aromatic carbocycles. The molecule has 2 heterocycles. The van der Waals surface area contributed by atoms with Gasteiger partial charge in [0.05, 0.1) is 17.5 Å². The van der Waals surface area contributed by atoms with Gasteiger partial charge in [0, 0.05) is 28.0 Å². The molecule has 0 spiro atoms. The second kappa shape index (κ2) is 11.2. The molecular formula is C27H30Cl2N2O3S2. The molecule has 0 bridgehead atoms. The number of benzene rings is 2. The highest BCUT2D eigenvalue weighted by molar-refractivity contribution is 7.89. The number of carbonyl (C=O) groups excluding carboxylic acids is 1. The SMILES string of the molecule is Cc1ccc(S(=O)(=O)N(CCC(C)C)CC(=O)N2CCc3sccc3[C@H]2c2ccc(Cl)cc2Cl)cc1. The number of aryl methyl sites for hydroxylation is 1. The van der Waals surface area contributed by atoms with Crippen LogP contribution in [0.3, 0.4) is 0 Å². The van der Waals surface area contributed by atoms with Gasteiger partial charge in [0.15, 0.2) is 0 Å². The molecule has 9 heteroatoms. The van der Waals surface area contributed by atoms with Gasteiger partial charge in [0.1, 0.15) is 0 Å². The smallest absolute Gasteiger partial charge is 0.243 e. The molecule has 1 aliphatic heterocycles. The Bertz CT molecular complexity index is 1340. The van der Waals surface area contributed by atoms with Crippen LogP contribution in [0.15, 0.2) is 58.8 Å². The molecule has 0 N–H and O–H groups in total. The predicted molar refractivity (Wildman–Crippen MR) is 147 cm³/mol. The van der Waals surface area contributed by atoms with Crippen LogP contribution in [0.1, 0.15) is 47.9 Å². The zero-order valence-corrected chi connectivity index (χ0v) is 23.7. The second-order valence-corrected chi connectivity index (χ2v) is 13.3. The van der Waals surface area contributed by atoms with E-state index in [2.05, 4.69) is 0 Å². The van der Waals surface area contributed by atoms with Gasteiger partial charge in [-0.25, -0.2) is 8.42 Å². The van der Waals surface area contributed by atoms with Gasteiger partial charge in [-0.1, -0.05) is 60.8 Å². The Balaban J connectivity index is 1.68. The van der Waals surface area contributed by atoms with Crippen molar-refractivity contribution in [1.82, 2.24) is 9.21 Å². The zero-order valence-electron chi connectivity index (χ0n) is 20.6. The molecule has 3 aromatic rings. The van der Waals surface area contributed by atoms with E-state index in [0.717, 1.165) is 23.1 Å². The van der Waals surface area contributed by atoms with Crippen LogP contribution in [-0.4, -0.2) is 43.2 Å². The maximum atomic E-state index is 13.8. The lowest BCUT2D eigenvalue weighted by molar-refractivity contribution is -0.133. The van der Waals surface area contributed by atoms with Crippen molar-refractivity contribution in [2.24, 2.45) is 5.92 Å². The first-order chi connectivity index (χ1) is 17.1. The van der Waals surface area contributed by atoms with Crippen LogP contribution >= 0.6 is 34.5 Å². The van der Waals surface area contributed by atoms with Crippen molar-refractivity contribution in [1.29, 1.82) is 0 Å². The standard InChI is InChI=1S/C27H30Cl2N2O3S2/c1-18(2)10-13-30(36(33,34)21-7-4-19(3)5-8-21)17-26(32)31-14-11-25-23(12-15-35-25)27(31)22-9-6-20(28)16-24(22)29/h4-9,12,15-16,18,27H,10-11,13-14,17H2,1-3H3/t27-/m1/s1. The van der Waals surface area contributed by atoms with Gasteiger partial charge in [0.25, 0.3) is 0 Å². The lowest BCUT2D eigenvalue weighted by Gasteiger charge is -2.38. The van der Waals surface area contributed by atoms with Crippen molar-refractivity contribution in [2.45, 2.75) is 44.6 Å². The molecule has 0 saturated heterocycles. The maximum Gasteiger partial charge on any atom is 0.243 e. The van der Waals surface area contributed by atoms with Crippen molar-refractivity contribution in [3.8, 4) is 0 Å². The molecule has 36 heavy (non-hydrogen) atoms. The first kappa shape index (κ1) is 27.1. The summed E-state index contributed by atoms with van der Waals surface area (Å²) in [6, 6.07) is 13.7. The van der Waals surface area contributed by atoms with Crippen LogP contribution < -0.4 is 0 Å². The number of carbonyl (C=O) groups is 1. The summed E-state index contributed by atoms with van der Waals surface area (Å²) < 4.78 is 28.5. The van der Waals surface area contributed by atoms with Crippen LogP contribution in [0.25, 0.3) is 0 Å². The molecule has 1 aromatic heterocycles. The fourth-order valence-corrected chi connectivity index (χ4v) is 7.25. The summed E-state index contributed by atoms with van der Waals surface area (Å²) >= 11 is 14.4. The Morgan fingerprint density at radius 1 is 1.11 bits per heavy atom. The molecular weight excluding hydrogens is 535 g/mol. The molecule has 1 amide bonds. The number of halogens is 2. The number of thiophene rings is 1. The number of nitrogens with zero attached hydrogens (tertiary/aromatic N) is 2. The van der Waals surface area contributed by atoms with Crippen LogP contribution in [0, 0.1) is 12.8 Å². The summed E-state index contributed by atoms with van der Waals surface area (Å²) in [6.07, 6.45) is 1.37. The third-order valence-electron chi connectivity index (χ3n) is 6.47. The number of hydrogen-bond donors (Lipinski definition) is 0. The topological polar surface area (TPSA) is 57.7 Å². The third-order valence-corrected chi connectivity index (χ3v) is 9.89. The monoisotopic (exact) mass is 564 g/mol. The number of hydrogen-bond acceptors (Lipinski definition) is 4. The Morgan fingerprint density at radius 3 is 2.50 bits per heavy atom. The van der Waals surface area contributed by atoms with E-state index in [-0.39, 0.29) is 23.9 Å². The Labute approximate surface area is 227 Å². The molecule has 0 fully saturated rings. The Morgan fingerprint density at radius 2 is 1.83 bits per heavy atom. The summed E-state index contributed by atoms with van der Waals surface area (Å²) in [4.78, 5) is 17.0. The van der Waals surface area contributed by atoms with E-state index >= 15 is 0 Å². The minimum Gasteiger partial charge on any atom is -0.330 e. The fraction of sp³-hybridized carbons (Fsp3) is 0.370. The van der Waals surface area contributed by atoms with E-state index in [4.69, 9.17) is 23.2 Å². The summed E-state index contributed by atoms with van der Waals surface area (Å²) in [5.74, 6) is 0.0436. The maximum absolute atomic E-state index is 13.8. The summed E-state index contributed by atoms with van der Waals surface area (Å²) in [5, 5.41) is 3.02. The summed E-state index contributed by atoms with van der Waals surface area (Å²) in [6.45, 7) is 6.51. The third kappa shape index (κ3) is 5.81. The molecule has 1 aliphatic rings. The predicted octanol–water partition coefficient (Wildman–Crippen LogP) is 6.57. The van der Waals surface area contributed by atoms with Crippen molar-refractivity contribution < 1.29 is 13.2 Å². The molecule has 0 aliphatic carbocycles. The van der Waals surface area contributed by atoms with E-state index in [1.54, 1.807) is 52.6 Å². The molecule has 0 radical (unpaired) electrons. The van der Waals surface area contributed by atoms with Crippen LogP contribution in [-0.2, 0) is 21.2 Å². The molecule has 0 unspecified atom stereocenters. The average Bonchev–Trinajstić information content (AvgIpc) is 3.30. The second-order valence-electron chi connectivity index (χ2n) is 9.54. The molecule has 192 valence electrons. The van der Waals surface area contributed by atoms with Gasteiger partial charge in [-0.05, 0) is 72.5 Å². The fourth-order valence-electron chi connectivity index (χ4n) is 4.43. The van der Waals surface area contributed by atoms with Gasteiger partial charge in [-0.3, -0.25) is 4.79 Å². The number of fused-ring (bicyclic) bond motifs is 1. The Hall–Kier alpha value is -1.90. The van der Waals surface area contributed by atoms with E-state index in [1.165, 1.54) is 9.18 Å². The minimum absolute atomic E-state index is 0.195. The van der Waals surface area contributed by atoms with E-state index in [1.807, 2.05) is 38.3 Å². The van der Waals surface area contributed by atoms with Gasteiger partial charge < -0.3 is 4.90 Å². The molecule has 0 saturated carbocycles. The van der Waals surface area contributed by atoms with Crippen LogP contribution in [0.5, 0.6) is 0 Å². The number of amides is 1. The van der Waals surface area contributed by atoms with Gasteiger partial charge in [-0.2, -0.15) is 4.31 Å². The van der Waals surface area contributed by atoms with E-state index in [0.29, 0.717) is 28.9 Å². The van der Waals surface area contributed by atoms with Crippen molar-refractivity contribution in [3.05, 3.63) is 85.5 Å². The highest BCUT2D eigenvalue weighted by atomic mass is 35.5. The number of rotatable bonds is 8. The largest absolute Gasteiger partial charge is 0.330 e. The average molecular weight is 566 g/mol. The highest BCUT2D eigenvalue weighted by Gasteiger charge is 2.36. The Kier molecular flexibility index (Phi) is 8.47. The molecule has 5 nitrogen and oxygen atoms in total. The minimum atomic E-state index is -3.85. The quantitative estimate of drug-likeness (QED) is 0.310. The summed E-state index contributed by atoms with van der Waals surface area (Å²) in [7, 11) is -3.85.